The Balaban J connectivity index is 1.09. The van der Waals surface area contributed by atoms with Crippen LogP contribution in [0.1, 0.15) is 61.0 Å². The number of ether oxygens (including phenoxy) is 1. The summed E-state index contributed by atoms with van der Waals surface area (Å²) in [6, 6.07) is 24.6. The van der Waals surface area contributed by atoms with E-state index in [0.717, 1.165) is 73.6 Å². The summed E-state index contributed by atoms with van der Waals surface area (Å²) < 4.78 is 73.6. The number of piperazine rings is 1. The van der Waals surface area contributed by atoms with Gasteiger partial charge in [-0.25, -0.2) is 13.1 Å². The van der Waals surface area contributed by atoms with E-state index >= 15 is 0 Å². The van der Waals surface area contributed by atoms with E-state index in [1.54, 1.807) is 37.4 Å². The molecule has 1 aromatic heterocycles. The number of alkyl halides is 3. The topological polar surface area (TPSA) is 107 Å². The Kier molecular flexibility index (Phi) is 11.9. The SMILES string of the molecule is Cc1cc(S(=O)(=O)NC(=O)c2ccc(N3CCN(CC4=C(c5ccc(Cl)cc5)CC(C)(C)CC4)CC3)cc2Oc2cccc3[nH]ccc23)ccc1NCCC(F)(F)F. The van der Waals surface area contributed by atoms with Gasteiger partial charge in [-0.1, -0.05) is 49.2 Å². The van der Waals surface area contributed by atoms with Gasteiger partial charge >= 0.3 is 6.18 Å². The third-order valence-electron chi connectivity index (χ3n) is 11.0. The number of aromatic nitrogens is 1. The first kappa shape index (κ1) is 41.2. The molecule has 3 N–H and O–H groups in total. The molecule has 5 aromatic rings. The molecule has 9 nitrogen and oxygen atoms in total. The van der Waals surface area contributed by atoms with Gasteiger partial charge in [-0.2, -0.15) is 13.2 Å². The van der Waals surface area contributed by atoms with Crippen LogP contribution in [0.4, 0.5) is 24.5 Å². The Morgan fingerprint density at radius 2 is 1.71 bits per heavy atom. The number of carbonyl (C=O) groups excluding carboxylic acids is 1. The Morgan fingerprint density at radius 1 is 0.948 bits per heavy atom. The quantitative estimate of drug-likeness (QED) is 0.115. The van der Waals surface area contributed by atoms with Crippen molar-refractivity contribution >= 4 is 55.4 Å². The zero-order valence-electron chi connectivity index (χ0n) is 32.7. The fourth-order valence-corrected chi connectivity index (χ4v) is 8.90. The van der Waals surface area contributed by atoms with E-state index in [4.69, 9.17) is 16.3 Å². The Morgan fingerprint density at radius 3 is 2.43 bits per heavy atom. The van der Waals surface area contributed by atoms with E-state index in [-0.39, 0.29) is 28.2 Å². The van der Waals surface area contributed by atoms with Crippen LogP contribution in [0.15, 0.2) is 102 Å². The lowest BCUT2D eigenvalue weighted by molar-refractivity contribution is -0.131. The van der Waals surface area contributed by atoms with Crippen molar-refractivity contribution in [1.82, 2.24) is 14.6 Å². The molecule has 1 aliphatic carbocycles. The van der Waals surface area contributed by atoms with Gasteiger partial charge < -0.3 is 19.9 Å². The van der Waals surface area contributed by atoms with E-state index in [2.05, 4.69) is 50.8 Å². The molecule has 1 fully saturated rings. The van der Waals surface area contributed by atoms with E-state index < -0.39 is 28.5 Å². The molecule has 2 heterocycles. The summed E-state index contributed by atoms with van der Waals surface area (Å²) >= 11 is 6.23. The van der Waals surface area contributed by atoms with E-state index in [9.17, 15) is 26.4 Å². The number of allylic oxidation sites excluding steroid dienone is 1. The lowest BCUT2D eigenvalue weighted by Gasteiger charge is -2.39. The van der Waals surface area contributed by atoms with Crippen molar-refractivity contribution in [3.05, 3.63) is 118 Å². The monoisotopic (exact) mass is 833 g/mol. The van der Waals surface area contributed by atoms with Gasteiger partial charge in [0.15, 0.2) is 0 Å². The zero-order chi connectivity index (χ0) is 41.2. The number of hydrogen-bond acceptors (Lipinski definition) is 7. The molecule has 0 bridgehead atoms. The maximum Gasteiger partial charge on any atom is 0.390 e. The molecule has 4 aromatic carbocycles. The van der Waals surface area contributed by atoms with Crippen LogP contribution in [0.5, 0.6) is 11.5 Å². The molecule has 0 spiro atoms. The molecule has 306 valence electrons. The highest BCUT2D eigenvalue weighted by Crippen LogP contribution is 2.43. The molecule has 7 rings (SSSR count). The maximum atomic E-state index is 13.8. The van der Waals surface area contributed by atoms with Crippen molar-refractivity contribution in [2.75, 3.05) is 49.5 Å². The number of nitrogens with one attached hydrogen (secondary N) is 3. The minimum Gasteiger partial charge on any atom is -0.456 e. The summed E-state index contributed by atoms with van der Waals surface area (Å²) in [4.78, 5) is 21.5. The molecule has 0 saturated carbocycles. The minimum absolute atomic E-state index is 0.0162. The second kappa shape index (κ2) is 16.7. The number of sulfonamides is 1. The number of carbonyl (C=O) groups is 1. The lowest BCUT2D eigenvalue weighted by Crippen LogP contribution is -2.47. The predicted molar refractivity (Wildman–Crippen MR) is 224 cm³/mol. The lowest BCUT2D eigenvalue weighted by atomic mass is 9.72. The third kappa shape index (κ3) is 9.82. The predicted octanol–water partition coefficient (Wildman–Crippen LogP) is 10.2. The number of hydrogen-bond donors (Lipinski definition) is 3. The fraction of sp³-hybridized carbons (Fsp3) is 0.341. The van der Waals surface area contributed by atoms with Gasteiger partial charge in [-0.15, -0.1) is 0 Å². The molecule has 58 heavy (non-hydrogen) atoms. The molecule has 0 atom stereocenters. The largest absolute Gasteiger partial charge is 0.456 e. The van der Waals surface area contributed by atoms with Gasteiger partial charge in [0.05, 0.1) is 16.9 Å². The molecule has 0 radical (unpaired) electrons. The molecule has 1 amide bonds. The Labute approximate surface area is 342 Å². The highest BCUT2D eigenvalue weighted by molar-refractivity contribution is 7.90. The summed E-state index contributed by atoms with van der Waals surface area (Å²) in [5, 5.41) is 4.20. The fourth-order valence-electron chi connectivity index (χ4n) is 7.72. The Hall–Kier alpha value is -4.98. The summed E-state index contributed by atoms with van der Waals surface area (Å²) in [5.74, 6) is -0.218. The number of aromatic amines is 1. The first-order valence-corrected chi connectivity index (χ1v) is 21.2. The number of aryl methyl sites for hydroxylation is 1. The molecule has 2 aliphatic rings. The average molecular weight is 834 g/mol. The summed E-state index contributed by atoms with van der Waals surface area (Å²) in [7, 11) is -4.38. The van der Waals surface area contributed by atoms with Gasteiger partial charge in [0.25, 0.3) is 15.9 Å². The average Bonchev–Trinajstić information content (AvgIpc) is 3.66. The number of rotatable bonds is 12. The first-order valence-electron chi connectivity index (χ1n) is 19.3. The number of benzene rings is 4. The van der Waals surface area contributed by atoms with Crippen molar-refractivity contribution in [3.8, 4) is 11.5 Å². The van der Waals surface area contributed by atoms with E-state index in [1.165, 1.54) is 34.9 Å². The van der Waals surface area contributed by atoms with Crippen LogP contribution in [-0.2, 0) is 10.0 Å². The number of fused-ring (bicyclic) bond motifs is 1. The van der Waals surface area contributed by atoms with Crippen LogP contribution < -0.4 is 19.7 Å². The second-order valence-corrected chi connectivity index (χ2v) is 18.0. The van der Waals surface area contributed by atoms with Crippen molar-refractivity contribution < 1.29 is 31.1 Å². The van der Waals surface area contributed by atoms with Crippen LogP contribution in [0, 0.1) is 12.3 Å². The Bertz CT molecular complexity index is 2440. The van der Waals surface area contributed by atoms with Crippen LogP contribution >= 0.6 is 11.6 Å². The van der Waals surface area contributed by atoms with Crippen LogP contribution in [0.2, 0.25) is 5.02 Å². The molecule has 14 heteroatoms. The molecular weight excluding hydrogens is 787 g/mol. The van der Waals surface area contributed by atoms with Crippen molar-refractivity contribution in [2.24, 2.45) is 5.41 Å². The smallest absolute Gasteiger partial charge is 0.390 e. The second-order valence-electron chi connectivity index (χ2n) is 15.9. The number of halogens is 4. The van der Waals surface area contributed by atoms with Gasteiger partial charge in [-0.05, 0) is 109 Å². The highest BCUT2D eigenvalue weighted by Gasteiger charge is 2.30. The number of H-pyrrole nitrogens is 1. The van der Waals surface area contributed by atoms with Crippen LogP contribution in [0.3, 0.4) is 0 Å². The standard InChI is InChI=1S/C44H47ClF3N5O4S/c1-29-25-34(12-14-38(29)50-20-18-44(46,47)48)58(55,56)51-42(54)36-13-11-33(26-41(36)57-40-6-4-5-39-35(40)16-19-49-39)53-23-21-52(22-24-53)28-31-15-17-43(2,3)27-37(31)30-7-9-32(45)10-8-30/h4-14,16,19,25-26,49-50H,15,17-18,20-24,27-28H2,1-3H3,(H,51,54). The van der Waals surface area contributed by atoms with Crippen molar-refractivity contribution in [3.63, 3.8) is 0 Å². The number of amides is 1. The molecular formula is C44H47ClF3N5O4S. The van der Waals surface area contributed by atoms with Crippen molar-refractivity contribution in [1.29, 1.82) is 0 Å². The summed E-state index contributed by atoms with van der Waals surface area (Å²) in [6.45, 7) is 9.91. The molecule has 1 saturated heterocycles. The van der Waals surface area contributed by atoms with Crippen molar-refractivity contribution in [2.45, 2.75) is 57.5 Å². The van der Waals surface area contributed by atoms with Gasteiger partial charge in [0.2, 0.25) is 0 Å². The summed E-state index contributed by atoms with van der Waals surface area (Å²) in [5.41, 5.74) is 6.79. The zero-order valence-corrected chi connectivity index (χ0v) is 34.3. The summed E-state index contributed by atoms with van der Waals surface area (Å²) in [6.07, 6.45) is -0.376. The van der Waals surface area contributed by atoms with E-state index in [1.807, 2.05) is 30.3 Å². The van der Waals surface area contributed by atoms with Crippen LogP contribution in [0.25, 0.3) is 16.5 Å². The molecule has 0 unspecified atom stereocenters. The number of anilines is 2. The third-order valence-corrected chi connectivity index (χ3v) is 12.6. The van der Waals surface area contributed by atoms with Gasteiger partial charge in [0, 0.05) is 78.8 Å². The minimum atomic E-state index is -4.38. The maximum absolute atomic E-state index is 13.8. The number of nitrogens with zero attached hydrogens (tertiary/aromatic N) is 2. The van der Waals surface area contributed by atoms with Gasteiger partial charge in [0.1, 0.15) is 11.5 Å². The molecule has 1 aliphatic heterocycles. The normalized spacial score (nSPS) is 16.4. The highest BCUT2D eigenvalue weighted by atomic mass is 35.5. The van der Waals surface area contributed by atoms with Gasteiger partial charge in [-0.3, -0.25) is 9.69 Å². The van der Waals surface area contributed by atoms with Crippen LogP contribution in [-0.4, -0.2) is 69.7 Å². The van der Waals surface area contributed by atoms with E-state index in [0.29, 0.717) is 17.0 Å². The first-order chi connectivity index (χ1) is 27.5.